The molecule has 0 spiro atoms. The van der Waals surface area contributed by atoms with Crippen LogP contribution in [0.1, 0.15) is 13.3 Å². The van der Waals surface area contributed by atoms with Gasteiger partial charge in [0.15, 0.2) is 6.04 Å². The third kappa shape index (κ3) is 2.47. The van der Waals surface area contributed by atoms with Crippen LogP contribution in [-0.4, -0.2) is 65.5 Å². The Morgan fingerprint density at radius 2 is 1.77 bits per heavy atom. The number of morpholine rings is 1. The van der Waals surface area contributed by atoms with E-state index in [1.165, 1.54) is 6.92 Å². The van der Waals surface area contributed by atoms with Gasteiger partial charge in [0.25, 0.3) is 0 Å². The van der Waals surface area contributed by atoms with Crippen molar-refractivity contribution >= 4 is 17.7 Å². The quantitative estimate of drug-likeness (QED) is 0.535. The number of hydrogen-bond donors (Lipinski definition) is 0. The third-order valence-electron chi connectivity index (χ3n) is 6.00. The second-order valence-electron chi connectivity index (χ2n) is 7.41. The van der Waals surface area contributed by atoms with Gasteiger partial charge in [-0.1, -0.05) is 12.2 Å². The molecule has 6 atom stereocenters. The number of ether oxygens (including phenoxy) is 1. The molecule has 142 valence electrons. The number of fused-ring (bicyclic) bond motifs is 5. The van der Waals surface area contributed by atoms with E-state index < -0.39 is 54.4 Å². The molecule has 4 rings (SSSR count). The molecule has 0 aromatic heterocycles. The standard InChI is InChI=1S/C17H19F3N2O4/c1-8-14(17(18,19)20)21(4-5-26-8)11(23)7-22-15(24)12-9-2-3-10(6-9)13(12)16(22)25/h2-3,8-10,12-14H,4-7H2,1H3/t8-,9?,10?,12?,13?,14-/m0/s1. The maximum Gasteiger partial charge on any atom is 0.411 e. The number of nitrogens with zero attached hydrogens (tertiary/aromatic N) is 2. The first-order chi connectivity index (χ1) is 12.2. The number of alkyl halides is 3. The van der Waals surface area contributed by atoms with Gasteiger partial charge in [-0.2, -0.15) is 13.2 Å². The predicted octanol–water partition coefficient (Wildman–Crippen LogP) is 0.972. The third-order valence-corrected chi connectivity index (χ3v) is 6.00. The zero-order valence-corrected chi connectivity index (χ0v) is 14.1. The molecule has 0 radical (unpaired) electrons. The fraction of sp³-hybridized carbons (Fsp3) is 0.706. The Hall–Kier alpha value is -1.90. The SMILES string of the molecule is C[C@@H]1OCCN(C(=O)CN2C(=O)C3C4C=CC(C4)C3C2=O)[C@@H]1C(F)(F)F. The smallest absolute Gasteiger partial charge is 0.374 e. The van der Waals surface area contributed by atoms with E-state index in [1.807, 2.05) is 12.2 Å². The number of carbonyl (C=O) groups excluding carboxylic acids is 3. The lowest BCUT2D eigenvalue weighted by molar-refractivity contribution is -0.230. The second-order valence-corrected chi connectivity index (χ2v) is 7.41. The maximum absolute atomic E-state index is 13.3. The van der Waals surface area contributed by atoms with E-state index >= 15 is 0 Å². The zero-order valence-electron chi connectivity index (χ0n) is 14.1. The van der Waals surface area contributed by atoms with Gasteiger partial charge in [-0.25, -0.2) is 0 Å². The lowest BCUT2D eigenvalue weighted by Gasteiger charge is -2.41. The number of amides is 3. The number of carbonyl (C=O) groups is 3. The van der Waals surface area contributed by atoms with Crippen molar-refractivity contribution in [1.29, 1.82) is 0 Å². The van der Waals surface area contributed by atoms with Gasteiger partial charge in [0, 0.05) is 6.54 Å². The summed E-state index contributed by atoms with van der Waals surface area (Å²) in [4.78, 5) is 39.3. The van der Waals surface area contributed by atoms with Crippen LogP contribution in [-0.2, 0) is 19.1 Å². The number of imide groups is 1. The van der Waals surface area contributed by atoms with Gasteiger partial charge < -0.3 is 9.64 Å². The summed E-state index contributed by atoms with van der Waals surface area (Å²) in [6.07, 6.45) is -1.24. The fourth-order valence-corrected chi connectivity index (χ4v) is 4.89. The fourth-order valence-electron chi connectivity index (χ4n) is 4.89. The van der Waals surface area contributed by atoms with Crippen LogP contribution in [0.5, 0.6) is 0 Å². The van der Waals surface area contributed by atoms with Gasteiger partial charge in [0.05, 0.1) is 24.5 Å². The van der Waals surface area contributed by atoms with Crippen molar-refractivity contribution in [3.05, 3.63) is 12.2 Å². The molecule has 2 aliphatic heterocycles. The molecule has 3 amide bonds. The van der Waals surface area contributed by atoms with Crippen molar-refractivity contribution in [2.45, 2.75) is 31.7 Å². The van der Waals surface area contributed by atoms with Crippen LogP contribution in [0.15, 0.2) is 12.2 Å². The van der Waals surface area contributed by atoms with Gasteiger partial charge in [0.1, 0.15) is 6.54 Å². The summed E-state index contributed by atoms with van der Waals surface area (Å²) in [5.41, 5.74) is 0. The van der Waals surface area contributed by atoms with Crippen molar-refractivity contribution in [2.24, 2.45) is 23.7 Å². The van der Waals surface area contributed by atoms with E-state index in [1.54, 1.807) is 0 Å². The Morgan fingerprint density at radius 1 is 1.19 bits per heavy atom. The minimum atomic E-state index is -4.64. The summed E-state index contributed by atoms with van der Waals surface area (Å²) in [6, 6.07) is -2.08. The van der Waals surface area contributed by atoms with Crippen LogP contribution >= 0.6 is 0 Å². The highest BCUT2D eigenvalue weighted by Crippen LogP contribution is 2.52. The molecule has 9 heteroatoms. The van der Waals surface area contributed by atoms with Crippen molar-refractivity contribution in [3.8, 4) is 0 Å². The largest absolute Gasteiger partial charge is 0.411 e. The van der Waals surface area contributed by atoms with Gasteiger partial charge in [-0.3, -0.25) is 19.3 Å². The average Bonchev–Trinajstić information content (AvgIpc) is 3.23. The summed E-state index contributed by atoms with van der Waals surface area (Å²) in [5.74, 6) is -2.69. The monoisotopic (exact) mass is 372 g/mol. The van der Waals surface area contributed by atoms with Gasteiger partial charge >= 0.3 is 6.18 Å². The van der Waals surface area contributed by atoms with Crippen LogP contribution in [0.25, 0.3) is 0 Å². The summed E-state index contributed by atoms with van der Waals surface area (Å²) in [6.45, 7) is 0.394. The highest BCUT2D eigenvalue weighted by atomic mass is 19.4. The maximum atomic E-state index is 13.3. The molecule has 0 N–H and O–H groups in total. The summed E-state index contributed by atoms with van der Waals surface area (Å²) < 4.78 is 45.1. The Morgan fingerprint density at radius 3 is 2.31 bits per heavy atom. The first kappa shape index (κ1) is 17.5. The van der Waals surface area contributed by atoms with E-state index in [2.05, 4.69) is 0 Å². The van der Waals surface area contributed by atoms with Crippen LogP contribution in [0.3, 0.4) is 0 Å². The minimum Gasteiger partial charge on any atom is -0.374 e. The lowest BCUT2D eigenvalue weighted by Crippen LogP contribution is -2.61. The first-order valence-corrected chi connectivity index (χ1v) is 8.71. The molecule has 26 heavy (non-hydrogen) atoms. The van der Waals surface area contributed by atoms with Gasteiger partial charge in [-0.15, -0.1) is 0 Å². The Bertz CT molecular complexity index is 662. The Labute approximate surface area is 147 Å². The van der Waals surface area contributed by atoms with Crippen LogP contribution < -0.4 is 0 Å². The first-order valence-electron chi connectivity index (χ1n) is 8.71. The van der Waals surface area contributed by atoms with Crippen LogP contribution in [0.2, 0.25) is 0 Å². The molecule has 4 aliphatic rings. The molecule has 4 unspecified atom stereocenters. The zero-order chi connectivity index (χ0) is 18.8. The molecule has 1 saturated carbocycles. The van der Waals surface area contributed by atoms with E-state index in [9.17, 15) is 27.6 Å². The Balaban J connectivity index is 1.51. The molecule has 2 heterocycles. The van der Waals surface area contributed by atoms with Gasteiger partial charge in [0.2, 0.25) is 17.7 Å². The molecule has 6 nitrogen and oxygen atoms in total. The Kier molecular flexibility index (Phi) is 3.91. The van der Waals surface area contributed by atoms with Crippen molar-refractivity contribution in [2.75, 3.05) is 19.7 Å². The minimum absolute atomic E-state index is 0.00659. The molecule has 2 aliphatic carbocycles. The van der Waals surface area contributed by atoms with E-state index in [0.717, 1.165) is 11.3 Å². The normalized spacial score (nSPS) is 39.1. The number of halogens is 3. The van der Waals surface area contributed by atoms with Crippen molar-refractivity contribution in [3.63, 3.8) is 0 Å². The molecule has 0 aromatic carbocycles. The van der Waals surface area contributed by atoms with Gasteiger partial charge in [-0.05, 0) is 25.2 Å². The predicted molar refractivity (Wildman–Crippen MR) is 81.4 cm³/mol. The summed E-state index contributed by atoms with van der Waals surface area (Å²) in [7, 11) is 0. The molecule has 2 bridgehead atoms. The summed E-state index contributed by atoms with van der Waals surface area (Å²) >= 11 is 0. The highest BCUT2D eigenvalue weighted by Gasteiger charge is 2.60. The van der Waals surface area contributed by atoms with E-state index in [4.69, 9.17) is 4.74 Å². The number of rotatable bonds is 2. The molecular weight excluding hydrogens is 353 g/mol. The van der Waals surface area contributed by atoms with E-state index in [0.29, 0.717) is 4.90 Å². The topological polar surface area (TPSA) is 66.9 Å². The molecule has 3 fully saturated rings. The van der Waals surface area contributed by atoms with Crippen LogP contribution in [0, 0.1) is 23.7 Å². The average molecular weight is 372 g/mol. The van der Waals surface area contributed by atoms with Crippen molar-refractivity contribution in [1.82, 2.24) is 9.80 Å². The van der Waals surface area contributed by atoms with Crippen LogP contribution in [0.4, 0.5) is 13.2 Å². The number of hydrogen-bond acceptors (Lipinski definition) is 4. The second kappa shape index (κ2) is 5.80. The lowest BCUT2D eigenvalue weighted by atomic mass is 9.85. The molecule has 0 aromatic rings. The number of allylic oxidation sites excluding steroid dienone is 2. The summed E-state index contributed by atoms with van der Waals surface area (Å²) in [5, 5.41) is 0. The molecular formula is C17H19F3N2O4. The highest BCUT2D eigenvalue weighted by molar-refractivity contribution is 6.08. The van der Waals surface area contributed by atoms with Crippen molar-refractivity contribution < 1.29 is 32.3 Å². The number of likely N-dealkylation sites (tertiary alicyclic amines) is 1. The van der Waals surface area contributed by atoms with E-state index in [-0.39, 0.29) is 25.0 Å². The molecule has 2 saturated heterocycles.